The maximum Gasteiger partial charge on any atom is 0.0593 e. The van der Waals surface area contributed by atoms with E-state index in [1.807, 2.05) is 0 Å². The molecule has 0 amide bonds. The molecule has 2 heterocycles. The van der Waals surface area contributed by atoms with Crippen LogP contribution in [0.25, 0.3) is 0 Å². The fourth-order valence-corrected chi connectivity index (χ4v) is 3.66. The van der Waals surface area contributed by atoms with E-state index >= 15 is 0 Å². The fourth-order valence-electron chi connectivity index (χ4n) is 3.66. The van der Waals surface area contributed by atoms with Crippen molar-refractivity contribution in [1.29, 1.82) is 0 Å². The van der Waals surface area contributed by atoms with Crippen LogP contribution in [0.3, 0.4) is 0 Å². The Kier molecular flexibility index (Phi) is 8.15. The number of rotatable bonds is 9. The highest BCUT2D eigenvalue weighted by Crippen LogP contribution is 2.22. The zero-order valence-corrected chi connectivity index (χ0v) is 14.9. The second-order valence-electron chi connectivity index (χ2n) is 7.59. The molecule has 2 saturated heterocycles. The first-order valence-corrected chi connectivity index (χ1v) is 9.44. The quantitative estimate of drug-likeness (QED) is 0.685. The van der Waals surface area contributed by atoms with Crippen molar-refractivity contribution in [2.45, 2.75) is 71.1 Å². The molecule has 2 aliphatic heterocycles. The summed E-state index contributed by atoms with van der Waals surface area (Å²) in [5, 5.41) is 7.26. The van der Waals surface area contributed by atoms with Crippen LogP contribution in [0.4, 0.5) is 0 Å². The average molecular weight is 312 g/mol. The lowest BCUT2D eigenvalue weighted by Gasteiger charge is -2.32. The lowest BCUT2D eigenvalue weighted by atomic mass is 9.92. The lowest BCUT2D eigenvalue weighted by molar-refractivity contribution is -0.0173. The summed E-state index contributed by atoms with van der Waals surface area (Å²) in [5.41, 5.74) is 0. The zero-order valence-electron chi connectivity index (χ0n) is 14.9. The SMILES string of the molecule is CC(C)NCC1CCOC(CC(C)NCCN2CCCC2)C1. The minimum absolute atomic E-state index is 0.446. The topological polar surface area (TPSA) is 36.5 Å². The van der Waals surface area contributed by atoms with Gasteiger partial charge in [-0.15, -0.1) is 0 Å². The highest BCUT2D eigenvalue weighted by Gasteiger charge is 2.24. The van der Waals surface area contributed by atoms with E-state index in [2.05, 4.69) is 36.3 Å². The third kappa shape index (κ3) is 6.95. The molecule has 3 atom stereocenters. The van der Waals surface area contributed by atoms with Crippen LogP contribution in [0.2, 0.25) is 0 Å². The van der Waals surface area contributed by atoms with E-state index in [4.69, 9.17) is 4.74 Å². The summed E-state index contributed by atoms with van der Waals surface area (Å²) < 4.78 is 5.99. The van der Waals surface area contributed by atoms with Crippen LogP contribution in [-0.4, -0.2) is 62.4 Å². The Hall–Kier alpha value is -0.160. The molecular weight excluding hydrogens is 274 g/mol. The summed E-state index contributed by atoms with van der Waals surface area (Å²) in [4.78, 5) is 2.57. The second-order valence-corrected chi connectivity index (χ2v) is 7.59. The van der Waals surface area contributed by atoms with Gasteiger partial charge in [0.15, 0.2) is 0 Å². The van der Waals surface area contributed by atoms with E-state index in [1.54, 1.807) is 0 Å². The van der Waals surface area contributed by atoms with Gasteiger partial charge in [0.25, 0.3) is 0 Å². The first-order chi connectivity index (χ1) is 10.6. The van der Waals surface area contributed by atoms with E-state index in [-0.39, 0.29) is 0 Å². The molecule has 4 nitrogen and oxygen atoms in total. The molecular formula is C18H37N3O. The van der Waals surface area contributed by atoms with Gasteiger partial charge in [0.2, 0.25) is 0 Å². The number of hydrogen-bond donors (Lipinski definition) is 2. The molecule has 0 aliphatic carbocycles. The minimum Gasteiger partial charge on any atom is -0.378 e. The predicted molar refractivity (Wildman–Crippen MR) is 93.4 cm³/mol. The molecule has 4 heteroatoms. The Balaban J connectivity index is 1.57. The Bertz CT molecular complexity index is 292. The van der Waals surface area contributed by atoms with Crippen molar-refractivity contribution in [1.82, 2.24) is 15.5 Å². The van der Waals surface area contributed by atoms with Crippen molar-refractivity contribution in [2.24, 2.45) is 5.92 Å². The van der Waals surface area contributed by atoms with Gasteiger partial charge in [0.1, 0.15) is 0 Å². The van der Waals surface area contributed by atoms with Gasteiger partial charge in [0.05, 0.1) is 6.10 Å². The third-order valence-corrected chi connectivity index (χ3v) is 5.03. The third-order valence-electron chi connectivity index (χ3n) is 5.03. The van der Waals surface area contributed by atoms with Crippen molar-refractivity contribution in [3.63, 3.8) is 0 Å². The molecule has 0 aromatic heterocycles. The number of nitrogens with one attached hydrogen (secondary N) is 2. The van der Waals surface area contributed by atoms with Gasteiger partial charge in [-0.2, -0.15) is 0 Å². The van der Waals surface area contributed by atoms with Crippen molar-refractivity contribution >= 4 is 0 Å². The van der Waals surface area contributed by atoms with Crippen LogP contribution >= 0.6 is 0 Å². The molecule has 3 unspecified atom stereocenters. The summed E-state index contributed by atoms with van der Waals surface area (Å²) >= 11 is 0. The highest BCUT2D eigenvalue weighted by atomic mass is 16.5. The van der Waals surface area contributed by atoms with Crippen LogP contribution < -0.4 is 10.6 Å². The van der Waals surface area contributed by atoms with Gasteiger partial charge in [-0.3, -0.25) is 0 Å². The van der Waals surface area contributed by atoms with E-state index in [1.165, 1.54) is 45.3 Å². The molecule has 2 N–H and O–H groups in total. The summed E-state index contributed by atoms with van der Waals surface area (Å²) in [5.74, 6) is 0.790. The average Bonchev–Trinajstić information content (AvgIpc) is 2.99. The van der Waals surface area contributed by atoms with Gasteiger partial charge in [-0.25, -0.2) is 0 Å². The van der Waals surface area contributed by atoms with Gasteiger partial charge in [-0.05, 0) is 64.6 Å². The first kappa shape index (κ1) is 18.2. The van der Waals surface area contributed by atoms with Crippen molar-refractivity contribution in [2.75, 3.05) is 39.3 Å². The van der Waals surface area contributed by atoms with Crippen LogP contribution in [0.5, 0.6) is 0 Å². The molecule has 2 fully saturated rings. The Morgan fingerprint density at radius 1 is 1.14 bits per heavy atom. The second kappa shape index (κ2) is 9.86. The van der Waals surface area contributed by atoms with Gasteiger partial charge in [0, 0.05) is 31.8 Å². The molecule has 0 aromatic carbocycles. The molecule has 130 valence electrons. The minimum atomic E-state index is 0.446. The lowest BCUT2D eigenvalue weighted by Crippen LogP contribution is -2.40. The smallest absolute Gasteiger partial charge is 0.0593 e. The molecule has 2 aliphatic rings. The van der Waals surface area contributed by atoms with E-state index in [9.17, 15) is 0 Å². The van der Waals surface area contributed by atoms with Crippen LogP contribution in [0.15, 0.2) is 0 Å². The normalized spacial score (nSPS) is 28.4. The molecule has 0 aromatic rings. The number of nitrogens with zero attached hydrogens (tertiary/aromatic N) is 1. The van der Waals surface area contributed by atoms with Crippen molar-refractivity contribution in [3.05, 3.63) is 0 Å². The largest absolute Gasteiger partial charge is 0.378 e. The summed E-state index contributed by atoms with van der Waals surface area (Å²) in [6, 6.07) is 1.15. The first-order valence-electron chi connectivity index (χ1n) is 9.44. The van der Waals surface area contributed by atoms with E-state index < -0.39 is 0 Å². The molecule has 0 spiro atoms. The fraction of sp³-hybridized carbons (Fsp3) is 1.00. The van der Waals surface area contributed by atoms with Crippen LogP contribution in [0, 0.1) is 5.92 Å². The summed E-state index contributed by atoms with van der Waals surface area (Å²) in [6.45, 7) is 13.8. The standard InChI is InChI=1S/C18H37N3O/c1-15(2)20-14-17-6-11-22-18(13-17)12-16(3)19-7-10-21-8-4-5-9-21/h15-20H,4-14H2,1-3H3. The van der Waals surface area contributed by atoms with Crippen molar-refractivity contribution in [3.8, 4) is 0 Å². The van der Waals surface area contributed by atoms with Gasteiger partial charge in [-0.1, -0.05) is 13.8 Å². The van der Waals surface area contributed by atoms with Crippen LogP contribution in [0.1, 0.15) is 52.9 Å². The maximum absolute atomic E-state index is 5.99. The zero-order chi connectivity index (χ0) is 15.8. The Morgan fingerprint density at radius 2 is 1.91 bits per heavy atom. The molecule has 22 heavy (non-hydrogen) atoms. The molecule has 0 bridgehead atoms. The number of likely N-dealkylation sites (tertiary alicyclic amines) is 1. The van der Waals surface area contributed by atoms with E-state index in [0.29, 0.717) is 18.2 Å². The predicted octanol–water partition coefficient (Wildman–Crippen LogP) is 2.24. The van der Waals surface area contributed by atoms with Crippen LogP contribution in [-0.2, 0) is 4.74 Å². The van der Waals surface area contributed by atoms with Gasteiger partial charge < -0.3 is 20.3 Å². The van der Waals surface area contributed by atoms with E-state index in [0.717, 1.165) is 32.0 Å². The summed E-state index contributed by atoms with van der Waals surface area (Å²) in [7, 11) is 0. The number of ether oxygens (including phenoxy) is 1. The molecule has 0 saturated carbocycles. The number of hydrogen-bond acceptors (Lipinski definition) is 4. The molecule has 0 radical (unpaired) electrons. The van der Waals surface area contributed by atoms with Gasteiger partial charge >= 0.3 is 0 Å². The Labute approximate surface area is 137 Å². The Morgan fingerprint density at radius 3 is 2.64 bits per heavy atom. The van der Waals surface area contributed by atoms with Crippen molar-refractivity contribution < 1.29 is 4.74 Å². The molecule has 2 rings (SSSR count). The monoisotopic (exact) mass is 311 g/mol. The highest BCUT2D eigenvalue weighted by molar-refractivity contribution is 4.78. The summed E-state index contributed by atoms with van der Waals surface area (Å²) in [6.07, 6.45) is 6.80. The maximum atomic E-state index is 5.99.